The van der Waals surface area contributed by atoms with Gasteiger partial charge in [0, 0.05) is 0 Å². The van der Waals surface area contributed by atoms with Crippen molar-refractivity contribution in [1.29, 1.82) is 0 Å². The molecule has 2 aromatic heterocycles. The lowest BCUT2D eigenvalue weighted by molar-refractivity contribution is 0.0533. The molecule has 194 valence electrons. The molecule has 2 atom stereocenters. The molecule has 1 amide bonds. The van der Waals surface area contributed by atoms with Gasteiger partial charge in [-0.05, 0) is 76.7 Å². The van der Waals surface area contributed by atoms with E-state index in [-0.39, 0.29) is 28.2 Å². The Labute approximate surface area is 217 Å². The van der Waals surface area contributed by atoms with Gasteiger partial charge in [-0.3, -0.25) is 0 Å². The average molecular weight is 543 g/mol. The van der Waals surface area contributed by atoms with E-state index in [1.165, 1.54) is 11.3 Å². The molecule has 0 aromatic carbocycles. The van der Waals surface area contributed by atoms with Crippen molar-refractivity contribution in [1.82, 2.24) is 15.0 Å². The highest BCUT2D eigenvalue weighted by atomic mass is 35.5. The lowest BCUT2D eigenvalue weighted by Gasteiger charge is -2.41. The number of aromatic nitrogens is 3. The highest BCUT2D eigenvalue weighted by Crippen LogP contribution is 2.43. The van der Waals surface area contributed by atoms with Gasteiger partial charge in [-0.1, -0.05) is 32.1 Å². The highest BCUT2D eigenvalue weighted by Gasteiger charge is 2.46. The number of nitrogens with zero attached hydrogens (tertiary/aromatic N) is 4. The van der Waals surface area contributed by atoms with E-state index < -0.39 is 25.8 Å². The minimum Gasteiger partial charge on any atom is -0.443 e. The van der Waals surface area contributed by atoms with Crippen LogP contribution in [-0.2, 0) is 9.16 Å². The van der Waals surface area contributed by atoms with Crippen LogP contribution in [0.4, 0.5) is 14.3 Å². The quantitative estimate of drug-likeness (QED) is 0.289. The van der Waals surface area contributed by atoms with Gasteiger partial charge in [-0.2, -0.15) is 0 Å². The Hall–Kier alpha value is -1.62. The zero-order valence-electron chi connectivity index (χ0n) is 22.0. The predicted octanol–water partition coefficient (Wildman–Crippen LogP) is 7.39. The number of aryl methyl sites for hydroxylation is 1. The Balaban J connectivity index is 2.04. The van der Waals surface area contributed by atoms with E-state index >= 15 is 0 Å². The number of amides is 1. The van der Waals surface area contributed by atoms with Crippen LogP contribution in [0.3, 0.4) is 0 Å². The molecule has 1 saturated carbocycles. The molecule has 11 heteroatoms. The molecule has 0 N–H and O–H groups in total. The second kappa shape index (κ2) is 10.0. The Morgan fingerprint density at radius 2 is 1.86 bits per heavy atom. The largest absolute Gasteiger partial charge is 0.443 e. The monoisotopic (exact) mass is 542 g/mol. The molecule has 2 heterocycles. The van der Waals surface area contributed by atoms with Crippen LogP contribution < -0.4 is 4.90 Å². The van der Waals surface area contributed by atoms with Crippen molar-refractivity contribution in [3.8, 4) is 10.6 Å². The summed E-state index contributed by atoms with van der Waals surface area (Å²) >= 11 is 7.12. The van der Waals surface area contributed by atoms with E-state index in [0.717, 1.165) is 25.5 Å². The normalized spacial score (nSPS) is 19.2. The summed E-state index contributed by atoms with van der Waals surface area (Å²) in [7, 11) is -2.09. The van der Waals surface area contributed by atoms with E-state index in [2.05, 4.69) is 48.8 Å². The molecule has 0 radical (unpaired) electrons. The minimum absolute atomic E-state index is 0.0334. The first-order valence-corrected chi connectivity index (χ1v) is 16.0. The van der Waals surface area contributed by atoms with E-state index in [0.29, 0.717) is 15.7 Å². The number of halogens is 2. The zero-order valence-corrected chi connectivity index (χ0v) is 24.6. The molecule has 0 saturated heterocycles. The van der Waals surface area contributed by atoms with Crippen molar-refractivity contribution >= 4 is 42.5 Å². The molecule has 1 unspecified atom stereocenters. The molecule has 1 aliphatic rings. The van der Waals surface area contributed by atoms with Crippen LogP contribution in [-0.4, -0.2) is 47.1 Å². The summed E-state index contributed by atoms with van der Waals surface area (Å²) in [6.45, 7) is 18.3. The molecular weight excluding hydrogens is 507 g/mol. The van der Waals surface area contributed by atoms with Crippen molar-refractivity contribution in [2.45, 2.75) is 104 Å². The summed E-state index contributed by atoms with van der Waals surface area (Å²) < 4.78 is 27.1. The summed E-state index contributed by atoms with van der Waals surface area (Å²) in [5.74, 6) is -0.600. The topological polar surface area (TPSA) is 77.4 Å². The Morgan fingerprint density at radius 1 is 1.20 bits per heavy atom. The van der Waals surface area contributed by atoms with Crippen LogP contribution in [0, 0.1) is 12.7 Å². The number of rotatable bonds is 5. The fourth-order valence-electron chi connectivity index (χ4n) is 3.77. The van der Waals surface area contributed by atoms with Gasteiger partial charge >= 0.3 is 6.09 Å². The maximum absolute atomic E-state index is 14.6. The summed E-state index contributed by atoms with van der Waals surface area (Å²) in [4.78, 5) is 28.1. The smallest absolute Gasteiger partial charge is 0.416 e. The van der Waals surface area contributed by atoms with Gasteiger partial charge in [0.1, 0.15) is 11.3 Å². The van der Waals surface area contributed by atoms with Crippen LogP contribution in [0.1, 0.15) is 66.5 Å². The van der Waals surface area contributed by atoms with Gasteiger partial charge in [-0.25, -0.2) is 29.0 Å². The van der Waals surface area contributed by atoms with Gasteiger partial charge in [0.05, 0.1) is 28.9 Å². The van der Waals surface area contributed by atoms with E-state index in [1.807, 2.05) is 20.8 Å². The molecule has 0 bridgehead atoms. The third-order valence-electron chi connectivity index (χ3n) is 6.51. The number of ether oxygens (including phenoxy) is 1. The molecule has 1 fully saturated rings. The summed E-state index contributed by atoms with van der Waals surface area (Å²) in [6.07, 6.45) is 2.95. The van der Waals surface area contributed by atoms with Gasteiger partial charge in [0.25, 0.3) is 0 Å². The molecule has 1 aliphatic carbocycles. The van der Waals surface area contributed by atoms with Crippen molar-refractivity contribution in [3.63, 3.8) is 0 Å². The van der Waals surface area contributed by atoms with Crippen molar-refractivity contribution in [3.05, 3.63) is 23.0 Å². The second-order valence-electron chi connectivity index (χ2n) is 11.5. The fourth-order valence-corrected chi connectivity index (χ4v) is 6.40. The van der Waals surface area contributed by atoms with Crippen molar-refractivity contribution < 1.29 is 18.3 Å². The molecule has 2 aromatic rings. The van der Waals surface area contributed by atoms with Crippen molar-refractivity contribution in [2.24, 2.45) is 0 Å². The van der Waals surface area contributed by atoms with Crippen LogP contribution >= 0.6 is 22.9 Å². The molecule has 35 heavy (non-hydrogen) atoms. The first kappa shape index (κ1) is 28.0. The maximum atomic E-state index is 14.6. The number of anilines is 1. The predicted molar refractivity (Wildman–Crippen MR) is 141 cm³/mol. The van der Waals surface area contributed by atoms with Crippen LogP contribution in [0.25, 0.3) is 10.6 Å². The lowest BCUT2D eigenvalue weighted by Crippen LogP contribution is -2.52. The lowest BCUT2D eigenvalue weighted by atomic mass is 10.2. The van der Waals surface area contributed by atoms with Crippen LogP contribution in [0.15, 0.2) is 6.20 Å². The Bertz CT molecular complexity index is 1080. The third-order valence-corrected chi connectivity index (χ3v) is 12.4. The first-order chi connectivity index (χ1) is 16.0. The SMILES string of the molecule is Cc1nc(N(C(=O)OC(C)(C)C)[C@@H]2CCCC2O[Si](C)(C)C(C)(C)C)sc1-c1nc(Cl)ncc1F. The second-order valence-corrected chi connectivity index (χ2v) is 17.6. The fraction of sp³-hybridized carbons (Fsp3) is 0.667. The Morgan fingerprint density at radius 3 is 2.46 bits per heavy atom. The Kier molecular flexibility index (Phi) is 8.01. The number of carbonyl (C=O) groups excluding carboxylic acids is 1. The van der Waals surface area contributed by atoms with E-state index in [9.17, 15) is 9.18 Å². The number of thiazole rings is 1. The first-order valence-electron chi connectivity index (χ1n) is 11.9. The van der Waals surface area contributed by atoms with Gasteiger partial charge < -0.3 is 9.16 Å². The van der Waals surface area contributed by atoms with E-state index in [1.54, 1.807) is 11.8 Å². The summed E-state index contributed by atoms with van der Waals surface area (Å²) in [6, 6.07) is -0.240. The van der Waals surface area contributed by atoms with Crippen molar-refractivity contribution in [2.75, 3.05) is 4.90 Å². The van der Waals surface area contributed by atoms with Crippen LogP contribution in [0.5, 0.6) is 0 Å². The number of hydrogen-bond acceptors (Lipinski definition) is 7. The van der Waals surface area contributed by atoms with Gasteiger partial charge in [-0.15, -0.1) is 0 Å². The molecule has 0 spiro atoms. The van der Waals surface area contributed by atoms with E-state index in [4.69, 9.17) is 20.8 Å². The maximum Gasteiger partial charge on any atom is 0.416 e. The molecule has 7 nitrogen and oxygen atoms in total. The summed E-state index contributed by atoms with van der Waals surface area (Å²) in [5.41, 5.74) is -0.0755. The standard InChI is InChI=1S/C24H36ClFN4O3SSi/c1-14-19(18-15(26)13-27-20(25)29-18)34-21(28-14)30(22(31)32-23(2,3)4)16-11-10-12-17(16)33-35(8,9)24(5,6)7/h13,16-17H,10-12H2,1-9H3/t16-,17?/m1/s1. The van der Waals surface area contributed by atoms with Gasteiger partial charge in [0.2, 0.25) is 5.28 Å². The molecule has 0 aliphatic heterocycles. The summed E-state index contributed by atoms with van der Waals surface area (Å²) in [5, 5.41) is 0.404. The number of hydrogen-bond donors (Lipinski definition) is 0. The number of carbonyl (C=O) groups is 1. The minimum atomic E-state index is -2.09. The van der Waals surface area contributed by atoms with Gasteiger partial charge in [0.15, 0.2) is 19.3 Å². The highest BCUT2D eigenvalue weighted by molar-refractivity contribution is 7.19. The third kappa shape index (κ3) is 6.39. The van der Waals surface area contributed by atoms with Crippen LogP contribution in [0.2, 0.25) is 23.4 Å². The zero-order chi connectivity index (χ0) is 26.3. The molecular formula is C24H36ClFN4O3SSi. The molecule has 3 rings (SSSR count). The average Bonchev–Trinajstić information content (AvgIpc) is 3.28.